The van der Waals surface area contributed by atoms with Gasteiger partial charge in [-0.1, -0.05) is 12.1 Å². The fourth-order valence-electron chi connectivity index (χ4n) is 1.42. The molecule has 1 amide bonds. The van der Waals surface area contributed by atoms with E-state index in [2.05, 4.69) is 23.6 Å². The number of carbonyl (C=O) groups is 1. The van der Waals surface area contributed by atoms with E-state index >= 15 is 0 Å². The SMILES string of the molecule is CNC(=O)C(C)Nc1cccc(C)c1C. The van der Waals surface area contributed by atoms with Crippen molar-refractivity contribution in [1.82, 2.24) is 5.32 Å². The Bertz CT molecular complexity index is 361. The lowest BCUT2D eigenvalue weighted by Crippen LogP contribution is -2.35. The molecule has 0 aliphatic rings. The highest BCUT2D eigenvalue weighted by atomic mass is 16.2. The van der Waals surface area contributed by atoms with Gasteiger partial charge in [-0.15, -0.1) is 0 Å². The maximum Gasteiger partial charge on any atom is 0.241 e. The van der Waals surface area contributed by atoms with Gasteiger partial charge in [-0.2, -0.15) is 0 Å². The molecule has 0 saturated carbocycles. The molecular weight excluding hydrogens is 188 g/mol. The Labute approximate surface area is 90.9 Å². The van der Waals surface area contributed by atoms with Crippen molar-refractivity contribution in [2.75, 3.05) is 12.4 Å². The average molecular weight is 206 g/mol. The molecule has 3 heteroatoms. The van der Waals surface area contributed by atoms with E-state index in [9.17, 15) is 4.79 Å². The third kappa shape index (κ3) is 2.72. The molecule has 2 N–H and O–H groups in total. The Balaban J connectivity index is 2.81. The normalized spacial score (nSPS) is 12.0. The molecule has 1 aromatic rings. The standard InChI is InChI=1S/C12H18N2O/c1-8-6-5-7-11(9(8)2)14-10(3)12(15)13-4/h5-7,10,14H,1-4H3,(H,13,15). The third-order valence-corrected chi connectivity index (χ3v) is 2.62. The van der Waals surface area contributed by atoms with Crippen LogP contribution < -0.4 is 10.6 Å². The lowest BCUT2D eigenvalue weighted by Gasteiger charge is -2.16. The van der Waals surface area contributed by atoms with Crippen molar-refractivity contribution < 1.29 is 4.79 Å². The second-order valence-electron chi connectivity index (χ2n) is 3.73. The zero-order valence-electron chi connectivity index (χ0n) is 9.72. The maximum absolute atomic E-state index is 11.3. The van der Waals surface area contributed by atoms with E-state index in [0.29, 0.717) is 0 Å². The summed E-state index contributed by atoms with van der Waals surface area (Å²) in [5.74, 6) is -0.00379. The quantitative estimate of drug-likeness (QED) is 0.792. The number of hydrogen-bond acceptors (Lipinski definition) is 2. The molecule has 15 heavy (non-hydrogen) atoms. The van der Waals surface area contributed by atoms with E-state index in [4.69, 9.17) is 0 Å². The van der Waals surface area contributed by atoms with Gasteiger partial charge in [0.25, 0.3) is 0 Å². The summed E-state index contributed by atoms with van der Waals surface area (Å²) in [4.78, 5) is 11.3. The molecule has 82 valence electrons. The fourth-order valence-corrected chi connectivity index (χ4v) is 1.42. The molecule has 3 nitrogen and oxygen atoms in total. The Morgan fingerprint density at radius 3 is 2.60 bits per heavy atom. The van der Waals surface area contributed by atoms with Crippen molar-refractivity contribution in [2.45, 2.75) is 26.8 Å². The highest BCUT2D eigenvalue weighted by Crippen LogP contribution is 2.18. The molecular formula is C12H18N2O. The summed E-state index contributed by atoms with van der Waals surface area (Å²) in [6.07, 6.45) is 0. The number of likely N-dealkylation sites (N-methyl/N-ethyl adjacent to an activating group) is 1. The largest absolute Gasteiger partial charge is 0.374 e. The molecule has 0 aliphatic carbocycles. The molecule has 1 unspecified atom stereocenters. The number of amides is 1. The highest BCUT2D eigenvalue weighted by Gasteiger charge is 2.11. The third-order valence-electron chi connectivity index (χ3n) is 2.62. The molecule has 0 fully saturated rings. The maximum atomic E-state index is 11.3. The second kappa shape index (κ2) is 4.82. The zero-order chi connectivity index (χ0) is 11.4. The van der Waals surface area contributed by atoms with Crippen LogP contribution in [0.4, 0.5) is 5.69 Å². The van der Waals surface area contributed by atoms with E-state index in [-0.39, 0.29) is 11.9 Å². The minimum absolute atomic E-state index is 0.00379. The highest BCUT2D eigenvalue weighted by molar-refractivity contribution is 5.84. The summed E-state index contributed by atoms with van der Waals surface area (Å²) in [6, 6.07) is 5.82. The van der Waals surface area contributed by atoms with Crippen LogP contribution in [-0.2, 0) is 4.79 Å². The summed E-state index contributed by atoms with van der Waals surface area (Å²) in [5, 5.41) is 5.81. The Morgan fingerprint density at radius 1 is 1.33 bits per heavy atom. The average Bonchev–Trinajstić information content (AvgIpc) is 2.23. The van der Waals surface area contributed by atoms with Crippen molar-refractivity contribution in [3.63, 3.8) is 0 Å². The van der Waals surface area contributed by atoms with Crippen molar-refractivity contribution in [1.29, 1.82) is 0 Å². The van der Waals surface area contributed by atoms with E-state index < -0.39 is 0 Å². The second-order valence-corrected chi connectivity index (χ2v) is 3.73. The minimum Gasteiger partial charge on any atom is -0.374 e. The Kier molecular flexibility index (Phi) is 3.72. The lowest BCUT2D eigenvalue weighted by molar-refractivity contribution is -0.121. The molecule has 1 rings (SSSR count). The summed E-state index contributed by atoms with van der Waals surface area (Å²) in [5.41, 5.74) is 3.43. The van der Waals surface area contributed by atoms with Crippen LogP contribution in [0.3, 0.4) is 0 Å². The minimum atomic E-state index is -0.213. The Hall–Kier alpha value is -1.51. The topological polar surface area (TPSA) is 41.1 Å². The van der Waals surface area contributed by atoms with Gasteiger partial charge in [0.1, 0.15) is 6.04 Å². The summed E-state index contributed by atoms with van der Waals surface area (Å²) < 4.78 is 0. The molecule has 1 aromatic carbocycles. The van der Waals surface area contributed by atoms with Crippen LogP contribution in [0.15, 0.2) is 18.2 Å². The predicted molar refractivity (Wildman–Crippen MR) is 63.1 cm³/mol. The number of carbonyl (C=O) groups excluding carboxylic acids is 1. The molecule has 0 saturated heterocycles. The van der Waals surface area contributed by atoms with Crippen LogP contribution in [0.1, 0.15) is 18.1 Å². The van der Waals surface area contributed by atoms with Crippen molar-refractivity contribution in [2.24, 2.45) is 0 Å². The monoisotopic (exact) mass is 206 g/mol. The van der Waals surface area contributed by atoms with Crippen molar-refractivity contribution in [3.05, 3.63) is 29.3 Å². The van der Waals surface area contributed by atoms with Crippen molar-refractivity contribution >= 4 is 11.6 Å². The number of rotatable bonds is 3. The first-order chi connectivity index (χ1) is 7.06. The molecule has 0 spiro atoms. The zero-order valence-corrected chi connectivity index (χ0v) is 9.72. The van der Waals surface area contributed by atoms with Crippen LogP contribution in [0.5, 0.6) is 0 Å². The van der Waals surface area contributed by atoms with Gasteiger partial charge in [0.05, 0.1) is 0 Å². The van der Waals surface area contributed by atoms with Gasteiger partial charge >= 0.3 is 0 Å². The molecule has 0 aromatic heterocycles. The van der Waals surface area contributed by atoms with Gasteiger partial charge in [-0.05, 0) is 38.0 Å². The van der Waals surface area contributed by atoms with Crippen molar-refractivity contribution in [3.8, 4) is 0 Å². The first-order valence-corrected chi connectivity index (χ1v) is 5.10. The van der Waals surface area contributed by atoms with Crippen LogP contribution in [0.2, 0.25) is 0 Å². The first-order valence-electron chi connectivity index (χ1n) is 5.10. The molecule has 0 radical (unpaired) electrons. The van der Waals surface area contributed by atoms with E-state index in [1.807, 2.05) is 26.0 Å². The first kappa shape index (κ1) is 11.6. The predicted octanol–water partition coefficient (Wildman–Crippen LogP) is 1.85. The van der Waals surface area contributed by atoms with E-state index in [1.165, 1.54) is 11.1 Å². The van der Waals surface area contributed by atoms with Crippen LogP contribution in [0, 0.1) is 13.8 Å². The summed E-state index contributed by atoms with van der Waals surface area (Å²) in [7, 11) is 1.64. The fraction of sp³-hybridized carbons (Fsp3) is 0.417. The molecule has 0 heterocycles. The van der Waals surface area contributed by atoms with Gasteiger partial charge in [0, 0.05) is 12.7 Å². The summed E-state index contributed by atoms with van der Waals surface area (Å²) >= 11 is 0. The molecule has 0 bridgehead atoms. The molecule has 0 aliphatic heterocycles. The Morgan fingerprint density at radius 2 is 2.00 bits per heavy atom. The summed E-state index contributed by atoms with van der Waals surface area (Å²) in [6.45, 7) is 5.96. The number of anilines is 1. The lowest BCUT2D eigenvalue weighted by atomic mass is 10.1. The van der Waals surface area contributed by atoms with Crippen LogP contribution >= 0.6 is 0 Å². The van der Waals surface area contributed by atoms with Crippen LogP contribution in [-0.4, -0.2) is 19.0 Å². The van der Waals surface area contributed by atoms with E-state index in [1.54, 1.807) is 7.05 Å². The number of nitrogens with one attached hydrogen (secondary N) is 2. The van der Waals surface area contributed by atoms with Gasteiger partial charge in [0.15, 0.2) is 0 Å². The number of benzene rings is 1. The van der Waals surface area contributed by atoms with Gasteiger partial charge < -0.3 is 10.6 Å². The van der Waals surface area contributed by atoms with Gasteiger partial charge in [-0.25, -0.2) is 0 Å². The van der Waals surface area contributed by atoms with Gasteiger partial charge in [-0.3, -0.25) is 4.79 Å². The molecule has 1 atom stereocenters. The van der Waals surface area contributed by atoms with E-state index in [0.717, 1.165) is 5.69 Å². The van der Waals surface area contributed by atoms with Crippen LogP contribution in [0.25, 0.3) is 0 Å². The van der Waals surface area contributed by atoms with Gasteiger partial charge in [0.2, 0.25) is 5.91 Å². The smallest absolute Gasteiger partial charge is 0.241 e. The number of aryl methyl sites for hydroxylation is 1. The number of hydrogen-bond donors (Lipinski definition) is 2.